The van der Waals surface area contributed by atoms with Crippen molar-refractivity contribution in [1.82, 2.24) is 9.80 Å². The molecule has 0 aliphatic carbocycles. The predicted octanol–water partition coefficient (Wildman–Crippen LogP) is 9.86. The van der Waals surface area contributed by atoms with Crippen molar-refractivity contribution < 1.29 is 40.1 Å². The monoisotopic (exact) mass is 892 g/mol. The summed E-state index contributed by atoms with van der Waals surface area (Å²) < 4.78 is 56.4. The number of hydrogen-bond acceptors (Lipinski definition) is 11. The molecule has 0 amide bonds. The molecule has 2 aromatic carbocycles. The van der Waals surface area contributed by atoms with E-state index >= 15 is 0 Å². The average molecular weight is 893 g/mol. The van der Waals surface area contributed by atoms with Crippen LogP contribution >= 0.6 is 0 Å². The molecule has 0 aromatic heterocycles. The third-order valence-corrected chi connectivity index (χ3v) is 24.9. The summed E-state index contributed by atoms with van der Waals surface area (Å²) >= 11 is 0. The van der Waals surface area contributed by atoms with Crippen LogP contribution in [0.4, 0.5) is 0 Å². The zero-order valence-corrected chi connectivity index (χ0v) is 42.6. The molecule has 0 bridgehead atoms. The fraction of sp³-hybridized carbons (Fsp3) is 0.727. The molecule has 2 aromatic rings. The summed E-state index contributed by atoms with van der Waals surface area (Å²) in [7, 11) is -8.97. The first-order chi connectivity index (χ1) is 28.4. The number of benzene rings is 2. The lowest BCUT2D eigenvalue weighted by molar-refractivity contribution is 0.0646. The van der Waals surface area contributed by atoms with Crippen LogP contribution in [-0.4, -0.2) is 110 Å². The predicted molar refractivity (Wildman–Crippen MR) is 247 cm³/mol. The molecule has 0 atom stereocenters. The van der Waals surface area contributed by atoms with Crippen molar-refractivity contribution in [2.45, 2.75) is 144 Å². The highest BCUT2D eigenvalue weighted by molar-refractivity contribution is 6.84. The van der Waals surface area contributed by atoms with Crippen LogP contribution in [0.3, 0.4) is 0 Å². The lowest BCUT2D eigenvalue weighted by Crippen LogP contribution is -2.46. The Balaban J connectivity index is 1.20. The standard InChI is InChI=1S/C44H80N2O9Si4/c1-11-49-58(50-12-2,51-13-3)33-21-29-45-35-41-25-17-23-39(43(41)47-37-45)27-19-31-56(7,8)55-57(9,10)32-20-28-40-24-18-26-42-36-46(38-48-44(40)42)30-22-34-59(52-14-4,53-15-5)54-16-6/h17-18,23-26H,11-16,19-22,27-38H2,1-10H3. The second-order valence-corrected chi connectivity index (χ2v) is 31.3. The fourth-order valence-corrected chi connectivity index (χ4v) is 22.8. The van der Waals surface area contributed by atoms with Crippen molar-refractivity contribution in [2.24, 2.45) is 0 Å². The molecular formula is C44H80N2O9Si4. The van der Waals surface area contributed by atoms with Gasteiger partial charge in [-0.3, -0.25) is 9.80 Å². The second kappa shape index (κ2) is 25.0. The van der Waals surface area contributed by atoms with Crippen LogP contribution in [0.2, 0.25) is 50.4 Å². The number of aryl methyl sites for hydroxylation is 2. The van der Waals surface area contributed by atoms with E-state index in [2.05, 4.69) is 72.4 Å². The molecule has 2 heterocycles. The van der Waals surface area contributed by atoms with Crippen molar-refractivity contribution in [1.29, 1.82) is 0 Å². The molecule has 15 heteroatoms. The second-order valence-electron chi connectivity index (χ2n) is 17.0. The highest BCUT2D eigenvalue weighted by Crippen LogP contribution is 2.34. The smallest absolute Gasteiger partial charge is 0.478 e. The summed E-state index contributed by atoms with van der Waals surface area (Å²) in [6.45, 7) is 30.3. The Morgan fingerprint density at radius 1 is 0.492 bits per heavy atom. The molecule has 0 saturated carbocycles. The molecule has 0 radical (unpaired) electrons. The molecule has 0 unspecified atom stereocenters. The van der Waals surface area contributed by atoms with Crippen molar-refractivity contribution >= 4 is 34.2 Å². The molecular weight excluding hydrogens is 813 g/mol. The number of nitrogens with zero attached hydrogens (tertiary/aromatic N) is 2. The Labute approximate surface area is 362 Å². The van der Waals surface area contributed by atoms with E-state index < -0.39 is 34.2 Å². The van der Waals surface area contributed by atoms with Gasteiger partial charge in [-0.2, -0.15) is 0 Å². The van der Waals surface area contributed by atoms with Crippen LogP contribution in [0.25, 0.3) is 0 Å². The van der Waals surface area contributed by atoms with E-state index in [0.29, 0.717) is 53.1 Å². The summed E-state index contributed by atoms with van der Waals surface area (Å²) in [5, 5.41) is 0. The van der Waals surface area contributed by atoms with Gasteiger partial charge >= 0.3 is 17.6 Å². The van der Waals surface area contributed by atoms with E-state index in [1.54, 1.807) is 0 Å². The van der Waals surface area contributed by atoms with Gasteiger partial charge in [-0.15, -0.1) is 0 Å². The van der Waals surface area contributed by atoms with Gasteiger partial charge in [0.25, 0.3) is 0 Å². The van der Waals surface area contributed by atoms with E-state index in [4.69, 9.17) is 40.1 Å². The van der Waals surface area contributed by atoms with Gasteiger partial charge in [-0.25, -0.2) is 0 Å². The number of para-hydroxylation sites is 2. The van der Waals surface area contributed by atoms with Gasteiger partial charge in [0.1, 0.15) is 25.0 Å². The van der Waals surface area contributed by atoms with Gasteiger partial charge < -0.3 is 40.1 Å². The van der Waals surface area contributed by atoms with E-state index in [1.807, 2.05) is 41.5 Å². The van der Waals surface area contributed by atoms with Crippen molar-refractivity contribution in [3.63, 3.8) is 0 Å². The van der Waals surface area contributed by atoms with Crippen molar-refractivity contribution in [3.8, 4) is 11.5 Å². The zero-order valence-electron chi connectivity index (χ0n) is 38.6. The SMILES string of the molecule is CCO[Si](CCCN1COc2c(CCC[Si](C)(C)O[Si](C)(C)CCCc3cccc4c3OCN(CCC[Si](OCC)(OCC)OCC)C4)cccc2C1)(OCC)OCC. The quantitative estimate of drug-likeness (QED) is 0.0703. The molecule has 0 saturated heterocycles. The molecule has 59 heavy (non-hydrogen) atoms. The Morgan fingerprint density at radius 3 is 1.19 bits per heavy atom. The molecule has 2 aliphatic heterocycles. The largest absolute Gasteiger partial charge is 0.500 e. The van der Waals surface area contributed by atoms with Crippen LogP contribution in [-0.2, 0) is 56.6 Å². The summed E-state index contributed by atoms with van der Waals surface area (Å²) in [5.74, 6) is 2.18. The van der Waals surface area contributed by atoms with Gasteiger partial charge in [0.15, 0.2) is 16.6 Å². The summed E-state index contributed by atoms with van der Waals surface area (Å²) in [6.07, 6.45) is 6.17. The van der Waals surface area contributed by atoms with Gasteiger partial charge in [0, 0.05) is 89.0 Å². The van der Waals surface area contributed by atoms with Crippen molar-refractivity contribution in [3.05, 3.63) is 58.7 Å². The minimum atomic E-state index is -2.63. The number of rotatable bonds is 30. The topological polar surface area (TPSA) is 89.6 Å². The van der Waals surface area contributed by atoms with Crippen LogP contribution in [0, 0.1) is 0 Å². The first-order valence-electron chi connectivity index (χ1n) is 22.8. The highest BCUT2D eigenvalue weighted by atomic mass is 28.4. The maximum absolute atomic E-state index is 7.12. The first-order valence-corrected chi connectivity index (χ1v) is 32.9. The average Bonchev–Trinajstić information content (AvgIpc) is 3.18. The van der Waals surface area contributed by atoms with E-state index in [0.717, 1.165) is 100 Å². The van der Waals surface area contributed by atoms with E-state index in [-0.39, 0.29) is 0 Å². The normalized spacial score (nSPS) is 15.5. The molecule has 4 rings (SSSR count). The van der Waals surface area contributed by atoms with Crippen molar-refractivity contribution in [2.75, 3.05) is 66.2 Å². The Hall–Kier alpha value is -1.45. The number of ether oxygens (including phenoxy) is 2. The van der Waals surface area contributed by atoms with Gasteiger partial charge in [0.05, 0.1) is 0 Å². The number of fused-ring (bicyclic) bond motifs is 2. The van der Waals surface area contributed by atoms with Crippen LogP contribution in [0.1, 0.15) is 89.5 Å². The molecule has 11 nitrogen and oxygen atoms in total. The third kappa shape index (κ3) is 16.0. The zero-order chi connectivity index (χ0) is 42.8. The fourth-order valence-electron chi connectivity index (χ4n) is 8.76. The molecule has 2 aliphatic rings. The summed E-state index contributed by atoms with van der Waals surface area (Å²) in [6, 6.07) is 17.3. The molecule has 0 N–H and O–H groups in total. The number of hydrogen-bond donors (Lipinski definition) is 0. The van der Waals surface area contributed by atoms with Crippen LogP contribution < -0.4 is 9.47 Å². The summed E-state index contributed by atoms with van der Waals surface area (Å²) in [5.41, 5.74) is 5.21. The Bertz CT molecular complexity index is 1380. The third-order valence-electron chi connectivity index (χ3n) is 11.0. The van der Waals surface area contributed by atoms with Gasteiger partial charge in [-0.05, 0) is 129 Å². The Kier molecular flexibility index (Phi) is 21.3. The molecule has 0 fully saturated rings. The first kappa shape index (κ1) is 50.2. The molecule has 336 valence electrons. The summed E-state index contributed by atoms with van der Waals surface area (Å²) in [4.78, 5) is 4.76. The maximum Gasteiger partial charge on any atom is 0.500 e. The minimum absolute atomic E-state index is 0.609. The Morgan fingerprint density at radius 2 is 0.847 bits per heavy atom. The molecule has 0 spiro atoms. The lowest BCUT2D eigenvalue weighted by Gasteiger charge is -2.35. The lowest BCUT2D eigenvalue weighted by atomic mass is 10.0. The van der Waals surface area contributed by atoms with E-state index in [9.17, 15) is 0 Å². The van der Waals surface area contributed by atoms with Crippen LogP contribution in [0.5, 0.6) is 11.5 Å². The highest BCUT2D eigenvalue weighted by Gasteiger charge is 2.41. The van der Waals surface area contributed by atoms with Crippen LogP contribution in [0.15, 0.2) is 36.4 Å². The van der Waals surface area contributed by atoms with E-state index in [1.165, 1.54) is 22.3 Å². The minimum Gasteiger partial charge on any atom is -0.478 e. The van der Waals surface area contributed by atoms with Gasteiger partial charge in [0.2, 0.25) is 0 Å². The van der Waals surface area contributed by atoms with Gasteiger partial charge in [-0.1, -0.05) is 36.4 Å². The maximum atomic E-state index is 7.12.